The molecule has 1 aromatic rings. The highest BCUT2D eigenvalue weighted by molar-refractivity contribution is 5.20. The Morgan fingerprint density at radius 2 is 1.78 bits per heavy atom. The van der Waals surface area contributed by atoms with Crippen LogP contribution in [0.25, 0.3) is 0 Å². The van der Waals surface area contributed by atoms with Crippen LogP contribution < -0.4 is 16.2 Å². The molecule has 5 nitrogen and oxygen atoms in total. The van der Waals surface area contributed by atoms with Crippen LogP contribution in [0, 0.1) is 18.4 Å². The zero-order valence-corrected chi connectivity index (χ0v) is 31.0. The van der Waals surface area contributed by atoms with Crippen LogP contribution in [0.2, 0.25) is 0 Å². The predicted octanol–water partition coefficient (Wildman–Crippen LogP) is 10.0. The number of nitrogens with zero attached hydrogens (tertiary/aromatic N) is 2. The molecule has 1 aliphatic carbocycles. The first-order valence-electron chi connectivity index (χ1n) is 16.9. The molecule has 0 saturated carbocycles. The van der Waals surface area contributed by atoms with Gasteiger partial charge in [-0.15, -0.1) is 13.2 Å². The van der Waals surface area contributed by atoms with Gasteiger partial charge in [0.25, 0.3) is 0 Å². The van der Waals surface area contributed by atoms with Crippen molar-refractivity contribution < 1.29 is 0 Å². The summed E-state index contributed by atoms with van der Waals surface area (Å²) in [6, 6.07) is 8.49. The highest BCUT2D eigenvalue weighted by atomic mass is 15.3. The highest BCUT2D eigenvalue weighted by Crippen LogP contribution is 2.18. The summed E-state index contributed by atoms with van der Waals surface area (Å²) in [6.07, 6.45) is 30.2. The van der Waals surface area contributed by atoms with Gasteiger partial charge < -0.3 is 10.2 Å². The van der Waals surface area contributed by atoms with Crippen molar-refractivity contribution in [2.24, 2.45) is 5.92 Å². The first-order chi connectivity index (χ1) is 21.8. The van der Waals surface area contributed by atoms with Gasteiger partial charge in [0.1, 0.15) is 0 Å². The standard InChI is InChI=1S/C16H27N3.C13H23N.C5H5N.2C2H6.C2H4/c1-6-10-16(19-14(3)4)12-9-8-11-15(5)13-18-17-7-2;1-12-6-4-8-13(9-5-7-12)10-11-14(2)3;1-2-4-6-5-3-1;3*1-2/h2,8,11-12,14,17-19H,5-6,9-10,13H2,1,3-4H3;4,8-9,12H,5-7,10-11H2,1-3H3;1-5H;2*1-2H3;1-2H2/b11-8-,16-12+;8-4-,13-9?;;;;. The van der Waals surface area contributed by atoms with E-state index in [4.69, 9.17) is 6.42 Å². The van der Waals surface area contributed by atoms with Crippen molar-refractivity contribution in [2.45, 2.75) is 106 Å². The molecule has 0 fully saturated rings. The Labute approximate surface area is 281 Å². The lowest BCUT2D eigenvalue weighted by Crippen LogP contribution is -2.28. The van der Waals surface area contributed by atoms with Crippen LogP contribution in [0.5, 0.6) is 0 Å². The first kappa shape index (κ1) is 48.6. The van der Waals surface area contributed by atoms with E-state index in [0.717, 1.165) is 37.3 Å². The largest absolute Gasteiger partial charge is 0.386 e. The molecule has 0 aromatic carbocycles. The lowest BCUT2D eigenvalue weighted by atomic mass is 9.96. The van der Waals surface area contributed by atoms with Crippen LogP contribution >= 0.6 is 0 Å². The Morgan fingerprint density at radius 3 is 2.27 bits per heavy atom. The molecule has 0 saturated heterocycles. The van der Waals surface area contributed by atoms with Crippen molar-refractivity contribution in [1.82, 2.24) is 26.1 Å². The highest BCUT2D eigenvalue weighted by Gasteiger charge is 2.03. The maximum Gasteiger partial charge on any atom is 0.0399 e. The van der Waals surface area contributed by atoms with Gasteiger partial charge >= 0.3 is 0 Å². The quantitative estimate of drug-likeness (QED) is 0.0511. The fourth-order valence-corrected chi connectivity index (χ4v) is 3.63. The van der Waals surface area contributed by atoms with E-state index >= 15 is 0 Å². The molecule has 0 spiro atoms. The van der Waals surface area contributed by atoms with Gasteiger partial charge in [-0.3, -0.25) is 10.4 Å². The van der Waals surface area contributed by atoms with Crippen LogP contribution in [0.1, 0.15) is 100 Å². The van der Waals surface area contributed by atoms with Crippen LogP contribution in [-0.4, -0.2) is 43.1 Å². The van der Waals surface area contributed by atoms with Gasteiger partial charge in [0.2, 0.25) is 0 Å². The number of terminal acetylenes is 1. The number of hydrogen-bond donors (Lipinski definition) is 3. The Bertz CT molecular complexity index is 878. The van der Waals surface area contributed by atoms with Crippen LogP contribution in [-0.2, 0) is 0 Å². The molecule has 0 radical (unpaired) electrons. The van der Waals surface area contributed by atoms with E-state index in [9.17, 15) is 0 Å². The van der Waals surface area contributed by atoms with Crippen LogP contribution in [0.3, 0.4) is 0 Å². The Hall–Kier alpha value is -3.33. The third-order valence-corrected chi connectivity index (χ3v) is 5.67. The van der Waals surface area contributed by atoms with Crippen molar-refractivity contribution in [3.05, 3.63) is 104 Å². The van der Waals surface area contributed by atoms with E-state index in [-0.39, 0.29) is 0 Å². The number of nitrogens with one attached hydrogen (secondary N) is 3. The van der Waals surface area contributed by atoms with Crippen LogP contribution in [0.4, 0.5) is 0 Å². The molecule has 0 aliphatic heterocycles. The summed E-state index contributed by atoms with van der Waals surface area (Å²) in [5, 5.41) is 3.47. The van der Waals surface area contributed by atoms with Crippen molar-refractivity contribution in [1.29, 1.82) is 0 Å². The molecule has 1 heterocycles. The van der Waals surface area contributed by atoms with E-state index in [2.05, 4.69) is 124 Å². The van der Waals surface area contributed by atoms with Crippen molar-refractivity contribution in [3.8, 4) is 12.5 Å². The summed E-state index contributed by atoms with van der Waals surface area (Å²) in [7, 11) is 4.27. The maximum absolute atomic E-state index is 5.05. The molecule has 1 unspecified atom stereocenters. The molecule has 0 amide bonds. The van der Waals surface area contributed by atoms with Gasteiger partial charge in [-0.25, -0.2) is 5.43 Å². The Morgan fingerprint density at radius 1 is 1.13 bits per heavy atom. The normalized spacial score (nSPS) is 14.2. The van der Waals surface area contributed by atoms with Gasteiger partial charge in [-0.2, -0.15) is 0 Å². The molecule has 256 valence electrons. The van der Waals surface area contributed by atoms with Crippen LogP contribution in [0.15, 0.2) is 104 Å². The SMILES string of the molecule is C#CNNCC(=C)/C=C\C/C=C(\CCC)NC(C)C.C=C.CC.CC.CC1C/C=C\C(CCN(C)C)=CCC1.c1ccncc1. The van der Waals surface area contributed by atoms with E-state index in [1.807, 2.05) is 52.0 Å². The third-order valence-electron chi connectivity index (χ3n) is 5.67. The summed E-state index contributed by atoms with van der Waals surface area (Å²) in [6.45, 7) is 28.6. The summed E-state index contributed by atoms with van der Waals surface area (Å²) in [5.41, 5.74) is 9.28. The minimum Gasteiger partial charge on any atom is -0.386 e. The molecular weight excluding hydrogens is 550 g/mol. The summed E-state index contributed by atoms with van der Waals surface area (Å²) in [4.78, 5) is 6.03. The minimum absolute atomic E-state index is 0.482. The molecular formula is C40H71N5. The average Bonchev–Trinajstić information content (AvgIpc) is 3.04. The van der Waals surface area contributed by atoms with Gasteiger partial charge in [-0.05, 0) is 90.1 Å². The molecule has 1 aromatic heterocycles. The number of rotatable bonds is 13. The van der Waals surface area contributed by atoms with E-state index in [1.165, 1.54) is 37.0 Å². The van der Waals surface area contributed by atoms with Gasteiger partial charge in [0.05, 0.1) is 0 Å². The Kier molecular flexibility index (Phi) is 43.9. The van der Waals surface area contributed by atoms with Gasteiger partial charge in [0, 0.05) is 43.3 Å². The van der Waals surface area contributed by atoms with Gasteiger partial charge in [-0.1, -0.05) is 109 Å². The molecule has 0 bridgehead atoms. The van der Waals surface area contributed by atoms with E-state index in [1.54, 1.807) is 12.4 Å². The lowest BCUT2D eigenvalue weighted by molar-refractivity contribution is 0.413. The smallest absolute Gasteiger partial charge is 0.0399 e. The summed E-state index contributed by atoms with van der Waals surface area (Å²) >= 11 is 0. The fourth-order valence-electron chi connectivity index (χ4n) is 3.63. The van der Waals surface area contributed by atoms with Crippen molar-refractivity contribution >= 4 is 0 Å². The zero-order valence-electron chi connectivity index (χ0n) is 31.0. The third kappa shape index (κ3) is 40.7. The number of pyridine rings is 1. The Balaban J connectivity index is -0.000000280. The number of allylic oxidation sites excluding steroid dienone is 6. The molecule has 1 atom stereocenters. The molecule has 5 heteroatoms. The summed E-state index contributed by atoms with van der Waals surface area (Å²) < 4.78 is 0. The maximum atomic E-state index is 5.05. The topological polar surface area (TPSA) is 52.2 Å². The number of hydrogen-bond acceptors (Lipinski definition) is 5. The average molecular weight is 622 g/mol. The number of aromatic nitrogens is 1. The zero-order chi connectivity index (χ0) is 35.1. The minimum atomic E-state index is 0.482. The monoisotopic (exact) mass is 622 g/mol. The lowest BCUT2D eigenvalue weighted by Gasteiger charge is -2.13. The van der Waals surface area contributed by atoms with E-state index < -0.39 is 0 Å². The van der Waals surface area contributed by atoms with E-state index in [0.29, 0.717) is 12.6 Å². The molecule has 45 heavy (non-hydrogen) atoms. The molecule has 3 N–H and O–H groups in total. The van der Waals surface area contributed by atoms with Crippen molar-refractivity contribution in [2.75, 3.05) is 27.2 Å². The number of hydrazine groups is 1. The second kappa shape index (κ2) is 40.7. The van der Waals surface area contributed by atoms with Crippen molar-refractivity contribution in [3.63, 3.8) is 0 Å². The van der Waals surface area contributed by atoms with Gasteiger partial charge in [0.15, 0.2) is 0 Å². The summed E-state index contributed by atoms with van der Waals surface area (Å²) in [5.74, 6) is 0.859. The predicted molar refractivity (Wildman–Crippen MR) is 206 cm³/mol. The second-order valence-electron chi connectivity index (χ2n) is 10.4. The fraction of sp³-hybridized carbons (Fsp3) is 0.525. The molecule has 2 rings (SSSR count). The molecule has 1 aliphatic rings. The second-order valence-corrected chi connectivity index (χ2v) is 10.4. The first-order valence-corrected chi connectivity index (χ1v) is 16.9.